The van der Waals surface area contributed by atoms with E-state index in [0.717, 1.165) is 25.7 Å². The molecule has 5 heteroatoms. The van der Waals surface area contributed by atoms with E-state index in [1.165, 1.54) is 6.08 Å². The van der Waals surface area contributed by atoms with Gasteiger partial charge < -0.3 is 15.2 Å². The van der Waals surface area contributed by atoms with Gasteiger partial charge in [-0.15, -0.1) is 0 Å². The lowest BCUT2D eigenvalue weighted by atomic mass is 9.76. The topological polar surface area (TPSA) is 75.6 Å². The van der Waals surface area contributed by atoms with Crippen LogP contribution in [-0.4, -0.2) is 29.8 Å². The maximum atomic E-state index is 11.4. The summed E-state index contributed by atoms with van der Waals surface area (Å²) >= 11 is 0. The Balaban J connectivity index is 1.91. The second-order valence-electron chi connectivity index (χ2n) is 5.33. The molecule has 0 aliphatic heterocycles. The fourth-order valence-corrected chi connectivity index (χ4v) is 2.76. The molecule has 1 amide bonds. The molecule has 0 saturated heterocycles. The summed E-state index contributed by atoms with van der Waals surface area (Å²) in [6, 6.07) is -0.314. The second-order valence-corrected chi connectivity index (χ2v) is 5.33. The van der Waals surface area contributed by atoms with Gasteiger partial charge in [-0.2, -0.15) is 0 Å². The monoisotopic (exact) mass is 253 g/mol. The summed E-state index contributed by atoms with van der Waals surface area (Å²) in [5.74, 6) is -1.31. The van der Waals surface area contributed by atoms with Gasteiger partial charge in [-0.3, -0.25) is 4.79 Å². The number of hydrogen-bond donors (Lipinski definition) is 2. The highest BCUT2D eigenvalue weighted by atomic mass is 16.5. The van der Waals surface area contributed by atoms with Crippen LogP contribution in [0.4, 0.5) is 4.79 Å². The van der Waals surface area contributed by atoms with E-state index in [2.05, 4.69) is 11.9 Å². The Kier molecular flexibility index (Phi) is 3.59. The number of aliphatic carboxylic acids is 1. The summed E-state index contributed by atoms with van der Waals surface area (Å²) in [4.78, 5) is 22.7. The fourth-order valence-electron chi connectivity index (χ4n) is 2.76. The molecule has 2 unspecified atom stereocenters. The minimum absolute atomic E-state index is 0.139. The number of nitrogens with one attached hydrogen (secondary N) is 1. The zero-order chi connectivity index (χ0) is 13.2. The summed E-state index contributed by atoms with van der Waals surface area (Å²) in [6.45, 7) is 3.59. The van der Waals surface area contributed by atoms with Gasteiger partial charge in [0, 0.05) is 6.04 Å². The normalized spacial score (nSPS) is 28.4. The average molecular weight is 253 g/mol. The first kappa shape index (κ1) is 12.9. The van der Waals surface area contributed by atoms with Crippen LogP contribution in [0.2, 0.25) is 0 Å². The van der Waals surface area contributed by atoms with E-state index in [1.54, 1.807) is 0 Å². The number of carboxylic acids is 1. The molecule has 0 heterocycles. The van der Waals surface area contributed by atoms with Crippen LogP contribution in [0, 0.1) is 11.3 Å². The van der Waals surface area contributed by atoms with Crippen LogP contribution in [0.15, 0.2) is 12.7 Å². The quantitative estimate of drug-likeness (QED) is 0.751. The standard InChI is InChI=1S/C13H19NO4/c1-2-7-18-12(17)14-10-3-4-13(5-6-13)8-9(10)11(15)16/h2,9-10H,1,3-8H2,(H,14,17)(H,15,16). The van der Waals surface area contributed by atoms with Crippen molar-refractivity contribution in [2.24, 2.45) is 11.3 Å². The molecule has 0 radical (unpaired) electrons. The molecule has 1 spiro atoms. The van der Waals surface area contributed by atoms with Gasteiger partial charge in [0.05, 0.1) is 5.92 Å². The van der Waals surface area contributed by atoms with Crippen molar-refractivity contribution in [3.8, 4) is 0 Å². The third kappa shape index (κ3) is 2.83. The average Bonchev–Trinajstić information content (AvgIpc) is 3.09. The Labute approximate surface area is 106 Å². The van der Waals surface area contributed by atoms with Gasteiger partial charge in [-0.1, -0.05) is 12.7 Å². The van der Waals surface area contributed by atoms with E-state index in [1.807, 2.05) is 0 Å². The van der Waals surface area contributed by atoms with Crippen molar-refractivity contribution in [1.82, 2.24) is 5.32 Å². The molecule has 5 nitrogen and oxygen atoms in total. The molecule has 0 aromatic carbocycles. The number of carbonyl (C=O) groups excluding carboxylic acids is 1. The van der Waals surface area contributed by atoms with Gasteiger partial charge in [0.1, 0.15) is 6.61 Å². The van der Waals surface area contributed by atoms with Gasteiger partial charge in [0.2, 0.25) is 0 Å². The lowest BCUT2D eigenvalue weighted by molar-refractivity contribution is -0.144. The summed E-state index contributed by atoms with van der Waals surface area (Å²) in [6.07, 6.45) is 5.58. The summed E-state index contributed by atoms with van der Waals surface area (Å²) < 4.78 is 4.83. The summed E-state index contributed by atoms with van der Waals surface area (Å²) in [5, 5.41) is 11.9. The van der Waals surface area contributed by atoms with Gasteiger partial charge in [0.15, 0.2) is 0 Å². The fraction of sp³-hybridized carbons (Fsp3) is 0.692. The van der Waals surface area contributed by atoms with Gasteiger partial charge in [0.25, 0.3) is 0 Å². The SMILES string of the molecule is C=CCOC(=O)NC1CCC2(CC2)CC1C(=O)O. The molecule has 2 N–H and O–H groups in total. The highest BCUT2D eigenvalue weighted by Gasteiger charge is 2.50. The molecule has 2 fully saturated rings. The number of ether oxygens (including phenoxy) is 1. The molecular weight excluding hydrogens is 234 g/mol. The summed E-state index contributed by atoms with van der Waals surface area (Å²) in [7, 11) is 0. The number of alkyl carbamates (subject to hydrolysis) is 1. The molecule has 2 aliphatic rings. The van der Waals surface area contributed by atoms with Gasteiger partial charge in [-0.05, 0) is 37.5 Å². The maximum Gasteiger partial charge on any atom is 0.407 e. The molecule has 100 valence electrons. The Bertz CT molecular complexity index is 362. The highest BCUT2D eigenvalue weighted by Crippen LogP contribution is 2.57. The first-order valence-corrected chi connectivity index (χ1v) is 6.33. The van der Waals surface area contributed by atoms with E-state index in [4.69, 9.17) is 4.74 Å². The van der Waals surface area contributed by atoms with E-state index in [0.29, 0.717) is 6.42 Å². The molecule has 0 aromatic heterocycles. The number of rotatable bonds is 4. The zero-order valence-electron chi connectivity index (χ0n) is 10.4. The second kappa shape index (κ2) is 5.00. The van der Waals surface area contributed by atoms with Crippen molar-refractivity contribution in [2.45, 2.75) is 38.1 Å². The predicted octanol–water partition coefficient (Wildman–Crippen LogP) is 1.93. The third-order valence-electron chi connectivity index (χ3n) is 4.03. The molecule has 2 aliphatic carbocycles. The number of hydrogen-bond acceptors (Lipinski definition) is 3. The first-order valence-electron chi connectivity index (χ1n) is 6.33. The molecule has 2 rings (SSSR count). The number of carbonyl (C=O) groups is 2. The Morgan fingerprint density at radius 3 is 2.72 bits per heavy atom. The molecule has 0 aromatic rings. The van der Waals surface area contributed by atoms with Crippen LogP contribution in [0.25, 0.3) is 0 Å². The highest BCUT2D eigenvalue weighted by molar-refractivity contribution is 5.74. The van der Waals surface area contributed by atoms with Crippen molar-refractivity contribution < 1.29 is 19.4 Å². The van der Waals surface area contributed by atoms with Crippen LogP contribution >= 0.6 is 0 Å². The smallest absolute Gasteiger partial charge is 0.407 e. The third-order valence-corrected chi connectivity index (χ3v) is 4.03. The van der Waals surface area contributed by atoms with Crippen LogP contribution < -0.4 is 5.32 Å². The van der Waals surface area contributed by atoms with Gasteiger partial charge in [-0.25, -0.2) is 4.79 Å². The first-order chi connectivity index (χ1) is 8.56. The van der Waals surface area contributed by atoms with Crippen LogP contribution in [0.5, 0.6) is 0 Å². The predicted molar refractivity (Wildman–Crippen MR) is 65.1 cm³/mol. The van der Waals surface area contributed by atoms with Crippen molar-refractivity contribution >= 4 is 12.1 Å². The Morgan fingerprint density at radius 2 is 2.17 bits per heavy atom. The molecule has 2 atom stereocenters. The lowest BCUT2D eigenvalue weighted by Crippen LogP contribution is -2.47. The Hall–Kier alpha value is -1.52. The van der Waals surface area contributed by atoms with E-state index in [-0.39, 0.29) is 18.1 Å². The molecular formula is C13H19NO4. The summed E-state index contributed by atoms with van der Waals surface area (Å²) in [5.41, 5.74) is 0.256. The number of amides is 1. The number of carboxylic acid groups (broad SMARTS) is 1. The zero-order valence-corrected chi connectivity index (χ0v) is 10.4. The van der Waals surface area contributed by atoms with Crippen molar-refractivity contribution in [1.29, 1.82) is 0 Å². The van der Waals surface area contributed by atoms with Crippen molar-refractivity contribution in [3.05, 3.63) is 12.7 Å². The van der Waals surface area contributed by atoms with Crippen molar-refractivity contribution in [3.63, 3.8) is 0 Å². The lowest BCUT2D eigenvalue weighted by Gasteiger charge is -2.34. The Morgan fingerprint density at radius 1 is 1.44 bits per heavy atom. The van der Waals surface area contributed by atoms with Crippen molar-refractivity contribution in [2.75, 3.05) is 6.61 Å². The maximum absolute atomic E-state index is 11.4. The van der Waals surface area contributed by atoms with E-state index < -0.39 is 18.0 Å². The van der Waals surface area contributed by atoms with E-state index >= 15 is 0 Å². The molecule has 2 saturated carbocycles. The minimum atomic E-state index is -0.824. The van der Waals surface area contributed by atoms with Crippen LogP contribution in [0.1, 0.15) is 32.1 Å². The minimum Gasteiger partial charge on any atom is -0.481 e. The van der Waals surface area contributed by atoms with Crippen LogP contribution in [0.3, 0.4) is 0 Å². The largest absolute Gasteiger partial charge is 0.481 e. The van der Waals surface area contributed by atoms with E-state index in [9.17, 15) is 14.7 Å². The molecule has 0 bridgehead atoms. The van der Waals surface area contributed by atoms with Crippen LogP contribution in [-0.2, 0) is 9.53 Å². The molecule has 18 heavy (non-hydrogen) atoms. The van der Waals surface area contributed by atoms with Gasteiger partial charge >= 0.3 is 12.1 Å².